The number of benzene rings is 1. The number of rotatable bonds is 8. The molecule has 0 saturated heterocycles. The normalized spacial score (nSPS) is 27.4. The molecular weight excluding hydrogens is 444 g/mol. The van der Waals surface area contributed by atoms with Crippen molar-refractivity contribution in [2.45, 2.75) is 64.7 Å². The minimum Gasteiger partial charge on any atom is -0.493 e. The summed E-state index contributed by atoms with van der Waals surface area (Å²) >= 11 is 6.18. The summed E-state index contributed by atoms with van der Waals surface area (Å²) in [7, 11) is 0. The maximum absolute atomic E-state index is 13.1. The number of ketones is 1. The molecule has 178 valence electrons. The fourth-order valence-electron chi connectivity index (χ4n) is 7.44. The van der Waals surface area contributed by atoms with Gasteiger partial charge in [-0.2, -0.15) is 0 Å². The maximum Gasteiger partial charge on any atom is 0.181 e. The Morgan fingerprint density at radius 3 is 2.38 bits per heavy atom. The van der Waals surface area contributed by atoms with Crippen molar-refractivity contribution >= 4 is 23.0 Å². The molecule has 0 unspecified atom stereocenters. The molecular formula is C29H33ClN2O2. The van der Waals surface area contributed by atoms with E-state index in [9.17, 15) is 4.79 Å². The fourth-order valence-corrected chi connectivity index (χ4v) is 7.60. The number of imidazole rings is 1. The third-order valence-corrected chi connectivity index (χ3v) is 8.75. The third-order valence-electron chi connectivity index (χ3n) is 8.53. The minimum absolute atomic E-state index is 0.105. The molecule has 0 radical (unpaired) electrons. The Labute approximate surface area is 206 Å². The summed E-state index contributed by atoms with van der Waals surface area (Å²) in [6.45, 7) is 2.90. The molecule has 4 nitrogen and oxygen atoms in total. The van der Waals surface area contributed by atoms with Crippen molar-refractivity contribution in [3.05, 3.63) is 64.6 Å². The topological polar surface area (TPSA) is 43.6 Å². The van der Waals surface area contributed by atoms with Gasteiger partial charge in [-0.05, 0) is 98.9 Å². The highest BCUT2D eigenvalue weighted by atomic mass is 35.5. The molecule has 2 aromatic heterocycles. The standard InChI is InChI=1S/C29H33ClN2O2/c1-2-25-28(32-17-23(30)6-10-27(32)31-25)26(33)9-5-19-3-7-24(8-4-19)34-18-29-14-20-11-21(15-29)13-22(12-20)16-29/h3-4,6-8,10,17,20-22H,2,5,9,11-16,18H2,1H3. The Morgan fingerprint density at radius 2 is 1.74 bits per heavy atom. The van der Waals surface area contributed by atoms with Gasteiger partial charge in [-0.15, -0.1) is 0 Å². The van der Waals surface area contributed by atoms with Crippen LogP contribution >= 0.6 is 11.6 Å². The molecule has 1 aromatic carbocycles. The smallest absolute Gasteiger partial charge is 0.181 e. The lowest BCUT2D eigenvalue weighted by molar-refractivity contribution is -0.0745. The van der Waals surface area contributed by atoms with Gasteiger partial charge in [-0.1, -0.05) is 30.7 Å². The highest BCUT2D eigenvalue weighted by Gasteiger charge is 2.51. The van der Waals surface area contributed by atoms with Crippen LogP contribution in [0.5, 0.6) is 5.75 Å². The number of carbonyl (C=O) groups excluding carboxylic acids is 1. The maximum atomic E-state index is 13.1. The number of hydrogen-bond donors (Lipinski definition) is 0. The van der Waals surface area contributed by atoms with Crippen LogP contribution in [0, 0.1) is 23.2 Å². The zero-order valence-electron chi connectivity index (χ0n) is 19.9. The van der Waals surface area contributed by atoms with Crippen LogP contribution in [-0.2, 0) is 12.8 Å². The Hall–Kier alpha value is -2.33. The molecule has 0 amide bonds. The molecule has 3 aromatic rings. The highest BCUT2D eigenvalue weighted by molar-refractivity contribution is 6.30. The van der Waals surface area contributed by atoms with Crippen LogP contribution in [0.2, 0.25) is 5.02 Å². The molecule has 4 fully saturated rings. The monoisotopic (exact) mass is 476 g/mol. The first-order valence-electron chi connectivity index (χ1n) is 12.9. The second kappa shape index (κ2) is 8.71. The second-order valence-corrected chi connectivity index (χ2v) is 11.5. The van der Waals surface area contributed by atoms with Crippen molar-refractivity contribution in [2.75, 3.05) is 6.61 Å². The van der Waals surface area contributed by atoms with Gasteiger partial charge in [0.1, 0.15) is 17.1 Å². The Morgan fingerprint density at radius 1 is 1.06 bits per heavy atom. The van der Waals surface area contributed by atoms with Crippen molar-refractivity contribution < 1.29 is 9.53 Å². The lowest BCUT2D eigenvalue weighted by atomic mass is 9.50. The molecule has 4 saturated carbocycles. The van der Waals surface area contributed by atoms with Gasteiger partial charge in [0.05, 0.1) is 17.3 Å². The number of halogens is 1. The van der Waals surface area contributed by atoms with Gasteiger partial charge in [0.2, 0.25) is 0 Å². The molecule has 2 heterocycles. The molecule has 4 aliphatic carbocycles. The van der Waals surface area contributed by atoms with E-state index < -0.39 is 0 Å². The molecule has 0 N–H and O–H groups in total. The number of pyridine rings is 1. The Balaban J connectivity index is 1.08. The summed E-state index contributed by atoms with van der Waals surface area (Å²) in [4.78, 5) is 17.7. The average Bonchev–Trinajstić information content (AvgIpc) is 3.19. The number of ether oxygens (including phenoxy) is 1. The first-order chi connectivity index (χ1) is 16.5. The number of Topliss-reactive ketones (excluding diaryl/α,β-unsaturated/α-hetero) is 1. The van der Waals surface area contributed by atoms with Gasteiger partial charge in [0, 0.05) is 18.0 Å². The van der Waals surface area contributed by atoms with Crippen molar-refractivity contribution in [1.82, 2.24) is 9.38 Å². The Kier molecular flexibility index (Phi) is 5.68. The van der Waals surface area contributed by atoms with Crippen molar-refractivity contribution in [3.63, 3.8) is 0 Å². The molecule has 0 spiro atoms. The number of hydrogen-bond acceptors (Lipinski definition) is 3. The van der Waals surface area contributed by atoms with Crippen LogP contribution in [0.15, 0.2) is 42.6 Å². The molecule has 34 heavy (non-hydrogen) atoms. The van der Waals surface area contributed by atoms with Gasteiger partial charge in [0.25, 0.3) is 0 Å². The van der Waals surface area contributed by atoms with E-state index >= 15 is 0 Å². The number of nitrogens with zero attached hydrogens (tertiary/aromatic N) is 2. The lowest BCUT2D eigenvalue weighted by Crippen LogP contribution is -2.48. The van der Waals surface area contributed by atoms with Gasteiger partial charge < -0.3 is 4.74 Å². The SMILES string of the molecule is CCc1nc2ccc(Cl)cn2c1C(=O)CCc1ccc(OCC23CC4CC(CC(C4)C2)C3)cc1. The van der Waals surface area contributed by atoms with Crippen LogP contribution in [0.25, 0.3) is 5.65 Å². The van der Waals surface area contributed by atoms with E-state index in [0.717, 1.165) is 53.4 Å². The van der Waals surface area contributed by atoms with Crippen LogP contribution in [0.3, 0.4) is 0 Å². The van der Waals surface area contributed by atoms with Gasteiger partial charge in [0.15, 0.2) is 5.78 Å². The first kappa shape index (κ1) is 22.2. The van der Waals surface area contributed by atoms with Crippen molar-refractivity contribution in [3.8, 4) is 5.75 Å². The molecule has 4 aliphatic rings. The van der Waals surface area contributed by atoms with Crippen LogP contribution < -0.4 is 4.74 Å². The lowest BCUT2D eigenvalue weighted by Gasteiger charge is -2.56. The second-order valence-electron chi connectivity index (χ2n) is 11.1. The molecule has 4 bridgehead atoms. The van der Waals surface area contributed by atoms with Crippen LogP contribution in [0.4, 0.5) is 0 Å². The van der Waals surface area contributed by atoms with E-state index in [1.54, 1.807) is 6.20 Å². The third kappa shape index (κ3) is 4.15. The number of aromatic nitrogens is 2. The zero-order valence-corrected chi connectivity index (χ0v) is 20.7. The van der Waals surface area contributed by atoms with Crippen LogP contribution in [-0.4, -0.2) is 21.8 Å². The Bertz CT molecular complexity index is 1180. The van der Waals surface area contributed by atoms with E-state index in [-0.39, 0.29) is 5.78 Å². The van der Waals surface area contributed by atoms with E-state index in [1.165, 1.54) is 38.5 Å². The van der Waals surface area contributed by atoms with Gasteiger partial charge >= 0.3 is 0 Å². The van der Waals surface area contributed by atoms with Crippen molar-refractivity contribution in [1.29, 1.82) is 0 Å². The largest absolute Gasteiger partial charge is 0.493 e. The fraction of sp³-hybridized carbons (Fsp3) is 0.517. The summed E-state index contributed by atoms with van der Waals surface area (Å²) in [6, 6.07) is 12.0. The molecule has 0 aliphatic heterocycles. The summed E-state index contributed by atoms with van der Waals surface area (Å²) in [5.74, 6) is 3.91. The van der Waals surface area contributed by atoms with Crippen LogP contribution in [0.1, 0.15) is 73.6 Å². The summed E-state index contributed by atoms with van der Waals surface area (Å²) in [5, 5.41) is 0.603. The zero-order chi connectivity index (χ0) is 23.3. The molecule has 0 atom stereocenters. The summed E-state index contributed by atoms with van der Waals surface area (Å²) in [5.41, 5.74) is 3.84. The van der Waals surface area contributed by atoms with Crippen molar-refractivity contribution in [2.24, 2.45) is 23.2 Å². The summed E-state index contributed by atoms with van der Waals surface area (Å²) in [6.07, 6.45) is 12.2. The van der Waals surface area contributed by atoms with E-state index in [0.29, 0.717) is 29.0 Å². The highest BCUT2D eigenvalue weighted by Crippen LogP contribution is 2.60. The number of carbonyl (C=O) groups is 1. The number of fused-ring (bicyclic) bond motifs is 1. The minimum atomic E-state index is 0.105. The van der Waals surface area contributed by atoms with E-state index in [1.807, 2.05) is 23.5 Å². The molecule has 7 rings (SSSR count). The van der Waals surface area contributed by atoms with E-state index in [4.69, 9.17) is 16.3 Å². The first-order valence-corrected chi connectivity index (χ1v) is 13.3. The number of aryl methyl sites for hydroxylation is 2. The van der Waals surface area contributed by atoms with Gasteiger partial charge in [-0.25, -0.2) is 4.98 Å². The van der Waals surface area contributed by atoms with E-state index in [2.05, 4.69) is 29.2 Å². The predicted molar refractivity (Wildman–Crippen MR) is 135 cm³/mol. The summed E-state index contributed by atoms with van der Waals surface area (Å²) < 4.78 is 8.17. The quantitative estimate of drug-likeness (QED) is 0.330. The predicted octanol–water partition coefficient (Wildman–Crippen LogP) is 6.96. The average molecular weight is 477 g/mol. The van der Waals surface area contributed by atoms with Gasteiger partial charge in [-0.3, -0.25) is 9.20 Å². The molecule has 5 heteroatoms.